The number of nitrogens with one attached hydrogen (secondary N) is 1. The molecule has 0 bridgehead atoms. The first kappa shape index (κ1) is 23.3. The van der Waals surface area contributed by atoms with E-state index in [2.05, 4.69) is 20.4 Å². The van der Waals surface area contributed by atoms with Crippen LogP contribution in [0.4, 0.5) is 0 Å². The summed E-state index contributed by atoms with van der Waals surface area (Å²) in [5, 5.41) is 6.91. The van der Waals surface area contributed by atoms with E-state index in [1.165, 1.54) is 0 Å². The third-order valence-electron chi connectivity index (χ3n) is 4.10. The SMILES string of the molecule is CC(C)C(C)(CN)NC(=O)CCc1nc(-c2ccncc2)no1.Cl.Cl. The first-order valence-corrected chi connectivity index (χ1v) is 7.68. The Labute approximate surface area is 160 Å². The number of halogens is 2. The summed E-state index contributed by atoms with van der Waals surface area (Å²) >= 11 is 0. The molecular weight excluding hydrogens is 365 g/mol. The van der Waals surface area contributed by atoms with Crippen LogP contribution in [-0.4, -0.2) is 33.1 Å². The van der Waals surface area contributed by atoms with Gasteiger partial charge in [-0.2, -0.15) is 4.98 Å². The highest BCUT2D eigenvalue weighted by molar-refractivity contribution is 5.85. The van der Waals surface area contributed by atoms with Gasteiger partial charge in [-0.25, -0.2) is 0 Å². The van der Waals surface area contributed by atoms with Crippen molar-refractivity contribution in [1.82, 2.24) is 20.4 Å². The molecule has 1 atom stereocenters. The van der Waals surface area contributed by atoms with Crippen LogP contribution < -0.4 is 11.1 Å². The van der Waals surface area contributed by atoms with Gasteiger partial charge < -0.3 is 15.6 Å². The Bertz CT molecular complexity index is 651. The first-order valence-electron chi connectivity index (χ1n) is 7.68. The first-order chi connectivity index (χ1) is 10.9. The maximum atomic E-state index is 12.1. The van der Waals surface area contributed by atoms with Gasteiger partial charge in [0, 0.05) is 37.3 Å². The minimum absolute atomic E-state index is 0. The van der Waals surface area contributed by atoms with Crippen molar-refractivity contribution >= 4 is 30.7 Å². The highest BCUT2D eigenvalue weighted by Crippen LogP contribution is 2.16. The lowest BCUT2D eigenvalue weighted by atomic mass is 9.88. The number of hydrogen-bond acceptors (Lipinski definition) is 6. The normalized spacial score (nSPS) is 12.7. The number of rotatable bonds is 7. The lowest BCUT2D eigenvalue weighted by Crippen LogP contribution is -2.55. The van der Waals surface area contributed by atoms with E-state index in [-0.39, 0.29) is 43.1 Å². The Morgan fingerprint density at radius 2 is 1.96 bits per heavy atom. The van der Waals surface area contributed by atoms with Crippen LogP contribution in [0.2, 0.25) is 0 Å². The third-order valence-corrected chi connectivity index (χ3v) is 4.10. The summed E-state index contributed by atoms with van der Waals surface area (Å²) in [6.07, 6.45) is 4.00. The molecule has 7 nitrogen and oxygen atoms in total. The van der Waals surface area contributed by atoms with Gasteiger partial charge in [0.1, 0.15) is 0 Å². The molecule has 0 radical (unpaired) electrons. The number of carbonyl (C=O) groups excluding carboxylic acids is 1. The predicted octanol–water partition coefficient (Wildman–Crippen LogP) is 2.40. The van der Waals surface area contributed by atoms with E-state index < -0.39 is 5.54 Å². The monoisotopic (exact) mass is 389 g/mol. The van der Waals surface area contributed by atoms with Crippen LogP contribution in [0.3, 0.4) is 0 Å². The van der Waals surface area contributed by atoms with Gasteiger partial charge in [0.15, 0.2) is 0 Å². The van der Waals surface area contributed by atoms with Gasteiger partial charge in [-0.3, -0.25) is 9.78 Å². The quantitative estimate of drug-likeness (QED) is 0.752. The molecule has 0 aliphatic heterocycles. The Balaban J connectivity index is 0.00000288. The molecule has 2 aromatic heterocycles. The Morgan fingerprint density at radius 3 is 2.52 bits per heavy atom. The molecule has 0 saturated heterocycles. The molecule has 0 aliphatic carbocycles. The number of aromatic nitrogens is 3. The molecule has 25 heavy (non-hydrogen) atoms. The number of nitrogens with zero attached hydrogens (tertiary/aromatic N) is 3. The van der Waals surface area contributed by atoms with Gasteiger partial charge in [-0.05, 0) is 25.0 Å². The zero-order valence-corrected chi connectivity index (χ0v) is 16.2. The van der Waals surface area contributed by atoms with E-state index >= 15 is 0 Å². The molecule has 0 spiro atoms. The fourth-order valence-corrected chi connectivity index (χ4v) is 2.01. The van der Waals surface area contributed by atoms with Crippen LogP contribution in [0.1, 0.15) is 33.1 Å². The topological polar surface area (TPSA) is 107 Å². The molecule has 3 N–H and O–H groups in total. The third kappa shape index (κ3) is 6.26. The van der Waals surface area contributed by atoms with Crippen LogP contribution in [0.15, 0.2) is 29.0 Å². The maximum absolute atomic E-state index is 12.1. The Hall–Kier alpha value is -1.70. The summed E-state index contributed by atoms with van der Waals surface area (Å²) in [6, 6.07) is 3.60. The van der Waals surface area contributed by atoms with E-state index in [0.717, 1.165) is 5.56 Å². The zero-order valence-electron chi connectivity index (χ0n) is 14.6. The summed E-state index contributed by atoms with van der Waals surface area (Å²) in [5.74, 6) is 1.11. The van der Waals surface area contributed by atoms with Crippen molar-refractivity contribution in [3.05, 3.63) is 30.4 Å². The van der Waals surface area contributed by atoms with E-state index in [1.54, 1.807) is 24.5 Å². The molecule has 140 valence electrons. The fourth-order valence-electron chi connectivity index (χ4n) is 2.01. The van der Waals surface area contributed by atoms with Crippen LogP contribution in [-0.2, 0) is 11.2 Å². The highest BCUT2D eigenvalue weighted by Gasteiger charge is 2.28. The molecule has 0 aromatic carbocycles. The van der Waals surface area contributed by atoms with Crippen molar-refractivity contribution in [2.75, 3.05) is 6.54 Å². The minimum atomic E-state index is -0.409. The second kappa shape index (κ2) is 10.3. The second-order valence-electron chi connectivity index (χ2n) is 6.07. The van der Waals surface area contributed by atoms with Gasteiger partial charge in [-0.15, -0.1) is 24.8 Å². The van der Waals surface area contributed by atoms with Crippen molar-refractivity contribution in [2.24, 2.45) is 11.7 Å². The standard InChI is InChI=1S/C16H23N5O2.2ClH/c1-11(2)16(3,10-17)20-13(22)4-5-14-19-15(21-23-14)12-6-8-18-9-7-12;;/h6-9,11H,4-5,10,17H2,1-3H3,(H,20,22);2*1H. The lowest BCUT2D eigenvalue weighted by molar-refractivity contribution is -0.123. The van der Waals surface area contributed by atoms with E-state index in [1.807, 2.05) is 20.8 Å². The minimum Gasteiger partial charge on any atom is -0.349 e. The van der Waals surface area contributed by atoms with Crippen molar-refractivity contribution < 1.29 is 9.32 Å². The lowest BCUT2D eigenvalue weighted by Gasteiger charge is -2.33. The molecular formula is C16H25Cl2N5O2. The fraction of sp³-hybridized carbons (Fsp3) is 0.500. The van der Waals surface area contributed by atoms with Crippen LogP contribution >= 0.6 is 24.8 Å². The van der Waals surface area contributed by atoms with Gasteiger partial charge >= 0.3 is 0 Å². The smallest absolute Gasteiger partial charge is 0.227 e. The van der Waals surface area contributed by atoms with Crippen LogP contribution in [0.5, 0.6) is 0 Å². The zero-order chi connectivity index (χ0) is 16.9. The predicted molar refractivity (Wildman–Crippen MR) is 101 cm³/mol. The average Bonchev–Trinajstić information content (AvgIpc) is 3.02. The van der Waals surface area contributed by atoms with E-state index in [9.17, 15) is 4.79 Å². The van der Waals surface area contributed by atoms with Crippen molar-refractivity contribution in [2.45, 2.75) is 39.2 Å². The maximum Gasteiger partial charge on any atom is 0.227 e. The number of aryl methyl sites for hydroxylation is 1. The molecule has 0 aliphatic rings. The van der Waals surface area contributed by atoms with Gasteiger partial charge in [0.25, 0.3) is 0 Å². The van der Waals surface area contributed by atoms with Gasteiger partial charge in [-0.1, -0.05) is 19.0 Å². The summed E-state index contributed by atoms with van der Waals surface area (Å²) in [6.45, 7) is 6.41. The molecule has 2 heterocycles. The molecule has 9 heteroatoms. The average molecular weight is 390 g/mol. The van der Waals surface area contributed by atoms with Gasteiger partial charge in [0.05, 0.1) is 5.54 Å². The number of pyridine rings is 1. The molecule has 2 rings (SSSR count). The highest BCUT2D eigenvalue weighted by atomic mass is 35.5. The number of carbonyl (C=O) groups is 1. The van der Waals surface area contributed by atoms with Crippen LogP contribution in [0.25, 0.3) is 11.4 Å². The van der Waals surface area contributed by atoms with Crippen molar-refractivity contribution in [1.29, 1.82) is 0 Å². The summed E-state index contributed by atoms with van der Waals surface area (Å²) < 4.78 is 5.19. The summed E-state index contributed by atoms with van der Waals surface area (Å²) in [5.41, 5.74) is 6.19. The summed E-state index contributed by atoms with van der Waals surface area (Å²) in [4.78, 5) is 20.3. The Kier molecular flexibility index (Phi) is 9.62. The van der Waals surface area contributed by atoms with Crippen molar-refractivity contribution in [3.63, 3.8) is 0 Å². The number of nitrogens with two attached hydrogens (primary N) is 1. The van der Waals surface area contributed by atoms with Crippen molar-refractivity contribution in [3.8, 4) is 11.4 Å². The van der Waals surface area contributed by atoms with Crippen LogP contribution in [0, 0.1) is 5.92 Å². The Morgan fingerprint density at radius 1 is 1.32 bits per heavy atom. The second-order valence-corrected chi connectivity index (χ2v) is 6.07. The molecule has 0 fully saturated rings. The van der Waals surface area contributed by atoms with Gasteiger partial charge in [0.2, 0.25) is 17.6 Å². The molecule has 1 unspecified atom stereocenters. The van der Waals surface area contributed by atoms with E-state index in [4.69, 9.17) is 10.3 Å². The number of hydrogen-bond donors (Lipinski definition) is 2. The summed E-state index contributed by atoms with van der Waals surface area (Å²) in [7, 11) is 0. The molecule has 1 amide bonds. The molecule has 0 saturated carbocycles. The van der Waals surface area contributed by atoms with E-state index in [0.29, 0.717) is 24.7 Å². The largest absolute Gasteiger partial charge is 0.349 e. The number of amides is 1. The molecule has 2 aromatic rings.